The van der Waals surface area contributed by atoms with E-state index in [-0.39, 0.29) is 6.54 Å². The molecule has 0 saturated heterocycles. The molecule has 0 aromatic heterocycles. The van der Waals surface area contributed by atoms with Gasteiger partial charge in [-0.2, -0.15) is 0 Å². The summed E-state index contributed by atoms with van der Waals surface area (Å²) in [7, 11) is -3.21. The van der Waals surface area contributed by atoms with Crippen molar-refractivity contribution in [2.24, 2.45) is 0 Å². The van der Waals surface area contributed by atoms with Gasteiger partial charge in [-0.25, -0.2) is 13.1 Å². The van der Waals surface area contributed by atoms with Crippen LogP contribution >= 0.6 is 0 Å². The van der Waals surface area contributed by atoms with Crippen LogP contribution in [0.5, 0.6) is 0 Å². The van der Waals surface area contributed by atoms with E-state index in [1.165, 1.54) is 6.08 Å². The van der Waals surface area contributed by atoms with Gasteiger partial charge in [0.2, 0.25) is 10.0 Å². The minimum atomic E-state index is -3.21. The Morgan fingerprint density at radius 3 is 2.67 bits per heavy atom. The first-order valence-electron chi connectivity index (χ1n) is 2.46. The average Bonchev–Trinajstić information content (AvgIpc) is 1.78. The minimum Gasteiger partial charge on any atom is -0.388 e. The zero-order valence-corrected chi connectivity index (χ0v) is 5.43. The smallest absolute Gasteiger partial charge is 0.233 e. The van der Waals surface area contributed by atoms with E-state index in [0.29, 0.717) is 0 Å². The lowest BCUT2D eigenvalue weighted by atomic mass is 10.4. The van der Waals surface area contributed by atoms with Crippen LogP contribution in [0.15, 0.2) is 11.5 Å². The van der Waals surface area contributed by atoms with E-state index in [0.717, 1.165) is 5.41 Å². The van der Waals surface area contributed by atoms with Crippen LogP contribution in [0.1, 0.15) is 0 Å². The molecule has 1 heterocycles. The Bertz CT molecular complexity index is 218. The molecule has 0 fully saturated rings. The molecule has 9 heavy (non-hydrogen) atoms. The molecule has 2 N–H and O–H groups in total. The first-order chi connectivity index (χ1) is 4.10. The van der Waals surface area contributed by atoms with Crippen molar-refractivity contribution in [1.29, 1.82) is 0 Å². The third kappa shape index (κ3) is 1.78. The Morgan fingerprint density at radius 2 is 2.33 bits per heavy atom. The van der Waals surface area contributed by atoms with Gasteiger partial charge in [0.05, 0.1) is 6.10 Å². The maximum absolute atomic E-state index is 10.5. The summed E-state index contributed by atoms with van der Waals surface area (Å²) in [5, 5.41) is 9.69. The summed E-state index contributed by atoms with van der Waals surface area (Å²) in [6, 6.07) is 0. The molecule has 52 valence electrons. The van der Waals surface area contributed by atoms with Crippen molar-refractivity contribution in [1.82, 2.24) is 4.72 Å². The van der Waals surface area contributed by atoms with E-state index in [1.54, 1.807) is 0 Å². The number of aliphatic hydroxyl groups is 1. The normalized spacial score (nSPS) is 32.3. The van der Waals surface area contributed by atoms with Gasteiger partial charge < -0.3 is 5.11 Å². The van der Waals surface area contributed by atoms with E-state index in [9.17, 15) is 8.42 Å². The molecule has 1 atom stereocenters. The second kappa shape index (κ2) is 2.09. The molecule has 1 aliphatic heterocycles. The summed E-state index contributed by atoms with van der Waals surface area (Å²) < 4.78 is 23.1. The molecule has 5 heteroatoms. The van der Waals surface area contributed by atoms with Crippen LogP contribution in [-0.4, -0.2) is 26.2 Å². The lowest BCUT2D eigenvalue weighted by molar-refractivity contribution is 0.225. The van der Waals surface area contributed by atoms with E-state index in [4.69, 9.17) is 5.11 Å². The minimum absolute atomic E-state index is 0.0822. The highest BCUT2D eigenvalue weighted by molar-refractivity contribution is 7.92. The predicted molar refractivity (Wildman–Crippen MR) is 32.1 cm³/mol. The molecule has 0 radical (unpaired) electrons. The van der Waals surface area contributed by atoms with E-state index in [2.05, 4.69) is 4.72 Å². The van der Waals surface area contributed by atoms with Gasteiger partial charge in [-0.15, -0.1) is 0 Å². The predicted octanol–water partition coefficient (Wildman–Crippen LogP) is -1.21. The Morgan fingerprint density at radius 1 is 1.67 bits per heavy atom. The van der Waals surface area contributed by atoms with Gasteiger partial charge in [0.25, 0.3) is 0 Å². The van der Waals surface area contributed by atoms with Gasteiger partial charge in [0, 0.05) is 12.0 Å². The molecule has 1 rings (SSSR count). The lowest BCUT2D eigenvalue weighted by Crippen LogP contribution is -2.33. The Labute approximate surface area is 53.2 Å². The summed E-state index contributed by atoms with van der Waals surface area (Å²) >= 11 is 0. The van der Waals surface area contributed by atoms with Crippen LogP contribution < -0.4 is 4.72 Å². The topological polar surface area (TPSA) is 66.4 Å². The fourth-order valence-electron chi connectivity index (χ4n) is 0.512. The molecule has 1 aliphatic rings. The van der Waals surface area contributed by atoms with Gasteiger partial charge in [0.15, 0.2) is 0 Å². The van der Waals surface area contributed by atoms with Crippen molar-refractivity contribution < 1.29 is 13.5 Å². The quantitative estimate of drug-likeness (QED) is 0.454. The highest BCUT2D eigenvalue weighted by Gasteiger charge is 2.13. The number of β-amino-alcohol motifs (C(OH)–C–C–N with tert-alkyl or cyclic N) is 1. The number of hydrogen-bond acceptors (Lipinski definition) is 3. The number of aliphatic hydroxyl groups excluding tert-OH is 1. The van der Waals surface area contributed by atoms with Crippen LogP contribution in [0.2, 0.25) is 0 Å². The molecule has 0 aromatic carbocycles. The van der Waals surface area contributed by atoms with Gasteiger partial charge in [-0.1, -0.05) is 0 Å². The molecular formula is C4H7NO3S. The van der Waals surface area contributed by atoms with E-state index in [1.807, 2.05) is 0 Å². The van der Waals surface area contributed by atoms with Gasteiger partial charge in [0.1, 0.15) is 0 Å². The monoisotopic (exact) mass is 149 g/mol. The summed E-state index contributed by atoms with van der Waals surface area (Å²) in [6.45, 7) is 0.0822. The van der Waals surface area contributed by atoms with Crippen molar-refractivity contribution in [3.05, 3.63) is 11.5 Å². The highest BCUT2D eigenvalue weighted by atomic mass is 32.2. The van der Waals surface area contributed by atoms with Crippen molar-refractivity contribution >= 4 is 10.0 Å². The molecule has 0 saturated carbocycles. The number of hydrogen-bond donors (Lipinski definition) is 2. The summed E-state index contributed by atoms with van der Waals surface area (Å²) in [5.41, 5.74) is 0. The molecule has 1 unspecified atom stereocenters. The standard InChI is InChI=1S/C4H7NO3S/c6-4-1-2-9(7,8)5-3-4/h1-2,4-6H,3H2. The summed E-state index contributed by atoms with van der Waals surface area (Å²) in [6.07, 6.45) is 0.569. The van der Waals surface area contributed by atoms with Crippen molar-refractivity contribution in [3.63, 3.8) is 0 Å². The zero-order chi connectivity index (χ0) is 6.91. The summed E-state index contributed by atoms with van der Waals surface area (Å²) in [5.74, 6) is 0. The molecule has 0 bridgehead atoms. The lowest BCUT2D eigenvalue weighted by Gasteiger charge is -2.10. The first kappa shape index (κ1) is 6.73. The maximum atomic E-state index is 10.5. The van der Waals surface area contributed by atoms with Crippen LogP contribution in [-0.2, 0) is 10.0 Å². The van der Waals surface area contributed by atoms with Crippen LogP contribution in [0.4, 0.5) is 0 Å². The summed E-state index contributed by atoms with van der Waals surface area (Å²) in [4.78, 5) is 0. The Kier molecular flexibility index (Phi) is 1.56. The SMILES string of the molecule is O=S1(=O)C=CC(O)CN1. The number of rotatable bonds is 0. The third-order valence-corrected chi connectivity index (χ3v) is 2.06. The number of sulfonamides is 1. The Hall–Kier alpha value is -0.390. The van der Waals surface area contributed by atoms with Crippen molar-refractivity contribution in [2.75, 3.05) is 6.54 Å². The molecular weight excluding hydrogens is 142 g/mol. The van der Waals surface area contributed by atoms with E-state index < -0.39 is 16.1 Å². The van der Waals surface area contributed by atoms with E-state index >= 15 is 0 Å². The van der Waals surface area contributed by atoms with Gasteiger partial charge >= 0.3 is 0 Å². The van der Waals surface area contributed by atoms with Crippen molar-refractivity contribution in [2.45, 2.75) is 6.10 Å². The highest BCUT2D eigenvalue weighted by Crippen LogP contribution is 1.97. The third-order valence-electron chi connectivity index (χ3n) is 0.974. The molecule has 0 amide bonds. The first-order valence-corrected chi connectivity index (χ1v) is 4.01. The second-order valence-electron chi connectivity index (χ2n) is 1.79. The average molecular weight is 149 g/mol. The van der Waals surface area contributed by atoms with Gasteiger partial charge in [-0.3, -0.25) is 0 Å². The molecule has 0 aliphatic carbocycles. The molecule has 0 aromatic rings. The number of nitrogens with one attached hydrogen (secondary N) is 1. The molecule has 0 spiro atoms. The van der Waals surface area contributed by atoms with Crippen LogP contribution in [0.25, 0.3) is 0 Å². The second-order valence-corrected chi connectivity index (χ2v) is 3.44. The molecule has 4 nitrogen and oxygen atoms in total. The largest absolute Gasteiger partial charge is 0.388 e. The fraction of sp³-hybridized carbons (Fsp3) is 0.500. The Balaban J connectivity index is 2.82. The van der Waals surface area contributed by atoms with Crippen LogP contribution in [0.3, 0.4) is 0 Å². The fourth-order valence-corrected chi connectivity index (χ4v) is 1.40. The van der Waals surface area contributed by atoms with Crippen molar-refractivity contribution in [3.8, 4) is 0 Å². The zero-order valence-electron chi connectivity index (χ0n) is 4.61. The maximum Gasteiger partial charge on any atom is 0.233 e. The van der Waals surface area contributed by atoms with Gasteiger partial charge in [-0.05, 0) is 6.08 Å². The van der Waals surface area contributed by atoms with Crippen LogP contribution in [0, 0.1) is 0 Å².